The molecule has 1 N–H and O–H groups in total. The third-order valence-corrected chi connectivity index (χ3v) is 2.93. The van der Waals surface area contributed by atoms with Crippen molar-refractivity contribution in [1.29, 1.82) is 0 Å². The Bertz CT molecular complexity index is 487. The summed E-state index contributed by atoms with van der Waals surface area (Å²) >= 11 is 5.79. The number of hydrogen-bond acceptors (Lipinski definition) is 3. The summed E-state index contributed by atoms with van der Waals surface area (Å²) in [5.74, 6) is 0. The van der Waals surface area contributed by atoms with Gasteiger partial charge in [-0.3, -0.25) is 0 Å². The van der Waals surface area contributed by atoms with E-state index in [1.165, 1.54) is 5.56 Å². The van der Waals surface area contributed by atoms with Crippen LogP contribution in [0.5, 0.6) is 0 Å². The lowest BCUT2D eigenvalue weighted by Crippen LogP contribution is -2.16. The van der Waals surface area contributed by atoms with Crippen molar-refractivity contribution in [3.63, 3.8) is 0 Å². The number of rotatable bonds is 5. The molecule has 0 amide bonds. The minimum absolute atomic E-state index is 0.366. The van der Waals surface area contributed by atoms with Crippen molar-refractivity contribution in [3.05, 3.63) is 53.3 Å². The van der Waals surface area contributed by atoms with Crippen LogP contribution >= 0.6 is 11.6 Å². The summed E-state index contributed by atoms with van der Waals surface area (Å²) in [4.78, 5) is 0. The molecule has 94 valence electrons. The van der Waals surface area contributed by atoms with E-state index < -0.39 is 0 Å². The van der Waals surface area contributed by atoms with Gasteiger partial charge in [-0.2, -0.15) is 5.10 Å². The summed E-state index contributed by atoms with van der Waals surface area (Å²) < 4.78 is 0. The molecule has 3 nitrogen and oxygen atoms in total. The van der Waals surface area contributed by atoms with Crippen molar-refractivity contribution < 1.29 is 0 Å². The second-order valence-electron chi connectivity index (χ2n) is 4.34. The van der Waals surface area contributed by atoms with Gasteiger partial charge in [0.15, 0.2) is 5.15 Å². The van der Waals surface area contributed by atoms with Gasteiger partial charge in [-0.15, -0.1) is 5.10 Å². The Morgan fingerprint density at radius 2 is 2.06 bits per heavy atom. The molecule has 1 heterocycles. The Balaban J connectivity index is 1.84. The molecule has 1 aromatic heterocycles. The Morgan fingerprint density at radius 1 is 1.28 bits per heavy atom. The predicted octanol–water partition coefficient (Wildman–Crippen LogP) is 3.56. The number of hydrogen-bond donors (Lipinski definition) is 1. The highest BCUT2D eigenvalue weighted by atomic mass is 35.5. The summed E-state index contributed by atoms with van der Waals surface area (Å²) in [6.45, 7) is 2.15. The van der Waals surface area contributed by atoms with Crippen LogP contribution in [0, 0.1) is 0 Å². The SMILES string of the molecule is CC(CCc1ccccc1)Nc1cnnc(Cl)c1. The molecule has 2 aromatic rings. The van der Waals surface area contributed by atoms with Gasteiger partial charge in [0, 0.05) is 12.1 Å². The van der Waals surface area contributed by atoms with Crippen molar-refractivity contribution >= 4 is 17.3 Å². The van der Waals surface area contributed by atoms with Gasteiger partial charge < -0.3 is 5.32 Å². The molecule has 0 fully saturated rings. The maximum atomic E-state index is 5.79. The van der Waals surface area contributed by atoms with E-state index in [0.29, 0.717) is 11.2 Å². The lowest BCUT2D eigenvalue weighted by molar-refractivity contribution is 0.705. The highest BCUT2D eigenvalue weighted by molar-refractivity contribution is 6.29. The average Bonchev–Trinajstić information content (AvgIpc) is 2.38. The first kappa shape index (κ1) is 12.8. The van der Waals surface area contributed by atoms with E-state index in [4.69, 9.17) is 11.6 Å². The Labute approximate surface area is 112 Å². The largest absolute Gasteiger partial charge is 0.381 e. The Morgan fingerprint density at radius 3 is 2.78 bits per heavy atom. The predicted molar refractivity (Wildman–Crippen MR) is 74.9 cm³/mol. The maximum absolute atomic E-state index is 5.79. The maximum Gasteiger partial charge on any atom is 0.153 e. The molecule has 1 aromatic carbocycles. The molecule has 4 heteroatoms. The monoisotopic (exact) mass is 261 g/mol. The number of halogens is 1. The molecular weight excluding hydrogens is 246 g/mol. The highest BCUT2D eigenvalue weighted by Crippen LogP contribution is 2.13. The van der Waals surface area contributed by atoms with E-state index >= 15 is 0 Å². The van der Waals surface area contributed by atoms with Gasteiger partial charge in [-0.05, 0) is 25.3 Å². The Hall–Kier alpha value is -1.61. The van der Waals surface area contributed by atoms with E-state index in [1.807, 2.05) is 6.07 Å². The molecule has 0 saturated heterocycles. The third kappa shape index (κ3) is 4.00. The topological polar surface area (TPSA) is 37.8 Å². The average molecular weight is 262 g/mol. The number of anilines is 1. The summed E-state index contributed by atoms with van der Waals surface area (Å²) in [5, 5.41) is 11.3. The van der Waals surface area contributed by atoms with Crippen molar-refractivity contribution in [2.75, 3.05) is 5.32 Å². The summed E-state index contributed by atoms with van der Waals surface area (Å²) in [6.07, 6.45) is 3.80. The van der Waals surface area contributed by atoms with Crippen molar-refractivity contribution in [2.24, 2.45) is 0 Å². The summed E-state index contributed by atoms with van der Waals surface area (Å²) in [7, 11) is 0. The first-order chi connectivity index (χ1) is 8.74. The molecular formula is C14H16ClN3. The van der Waals surface area contributed by atoms with Crippen LogP contribution in [0.25, 0.3) is 0 Å². The molecule has 0 spiro atoms. The molecule has 0 bridgehead atoms. The van der Waals surface area contributed by atoms with Gasteiger partial charge in [0.05, 0.1) is 11.9 Å². The summed E-state index contributed by atoms with van der Waals surface area (Å²) in [5.41, 5.74) is 2.27. The zero-order valence-corrected chi connectivity index (χ0v) is 11.1. The van der Waals surface area contributed by atoms with E-state index in [2.05, 4.69) is 46.7 Å². The van der Waals surface area contributed by atoms with Crippen LogP contribution in [0.4, 0.5) is 5.69 Å². The molecule has 1 atom stereocenters. The van der Waals surface area contributed by atoms with Crippen LogP contribution in [0.1, 0.15) is 18.9 Å². The normalized spacial score (nSPS) is 12.1. The summed E-state index contributed by atoms with van der Waals surface area (Å²) in [6, 6.07) is 12.6. The van der Waals surface area contributed by atoms with Gasteiger partial charge in [0.2, 0.25) is 0 Å². The quantitative estimate of drug-likeness (QED) is 0.894. The minimum Gasteiger partial charge on any atom is -0.381 e. The van der Waals surface area contributed by atoms with E-state index in [-0.39, 0.29) is 0 Å². The van der Waals surface area contributed by atoms with Crippen LogP contribution in [0.15, 0.2) is 42.6 Å². The fraction of sp³-hybridized carbons (Fsp3) is 0.286. The number of aromatic nitrogens is 2. The van der Waals surface area contributed by atoms with E-state index in [1.54, 1.807) is 12.3 Å². The molecule has 18 heavy (non-hydrogen) atoms. The smallest absolute Gasteiger partial charge is 0.153 e. The lowest BCUT2D eigenvalue weighted by Gasteiger charge is -2.14. The second-order valence-corrected chi connectivity index (χ2v) is 4.72. The zero-order valence-electron chi connectivity index (χ0n) is 10.3. The molecule has 0 radical (unpaired) electrons. The molecule has 0 aliphatic carbocycles. The van der Waals surface area contributed by atoms with Crippen LogP contribution in [0.3, 0.4) is 0 Å². The van der Waals surface area contributed by atoms with Crippen LogP contribution < -0.4 is 5.32 Å². The molecule has 0 aliphatic rings. The van der Waals surface area contributed by atoms with Gasteiger partial charge in [-0.1, -0.05) is 41.9 Å². The fourth-order valence-electron chi connectivity index (χ4n) is 1.80. The standard InChI is InChI=1S/C14H16ClN3/c1-11(7-8-12-5-3-2-4-6-12)17-13-9-14(15)18-16-10-13/h2-6,9-11H,7-8H2,1H3,(H,17,18). The number of aryl methyl sites for hydroxylation is 1. The fourth-order valence-corrected chi connectivity index (χ4v) is 1.97. The minimum atomic E-state index is 0.366. The first-order valence-electron chi connectivity index (χ1n) is 6.03. The third-order valence-electron chi connectivity index (χ3n) is 2.75. The number of nitrogens with one attached hydrogen (secondary N) is 1. The van der Waals surface area contributed by atoms with E-state index in [0.717, 1.165) is 18.5 Å². The van der Waals surface area contributed by atoms with Gasteiger partial charge in [-0.25, -0.2) is 0 Å². The van der Waals surface area contributed by atoms with Gasteiger partial charge in [0.25, 0.3) is 0 Å². The first-order valence-corrected chi connectivity index (χ1v) is 6.40. The molecule has 1 unspecified atom stereocenters. The number of nitrogens with zero attached hydrogens (tertiary/aromatic N) is 2. The lowest BCUT2D eigenvalue weighted by atomic mass is 10.1. The second kappa shape index (κ2) is 6.36. The van der Waals surface area contributed by atoms with Gasteiger partial charge in [0.1, 0.15) is 0 Å². The highest BCUT2D eigenvalue weighted by Gasteiger charge is 2.03. The van der Waals surface area contributed by atoms with Gasteiger partial charge >= 0.3 is 0 Å². The van der Waals surface area contributed by atoms with Crippen LogP contribution in [-0.2, 0) is 6.42 Å². The molecule has 2 rings (SSSR count). The van der Waals surface area contributed by atoms with Crippen molar-refractivity contribution in [3.8, 4) is 0 Å². The van der Waals surface area contributed by atoms with Crippen LogP contribution in [0.2, 0.25) is 5.15 Å². The Kier molecular flexibility index (Phi) is 4.53. The van der Waals surface area contributed by atoms with Crippen molar-refractivity contribution in [2.45, 2.75) is 25.8 Å². The van der Waals surface area contributed by atoms with Crippen molar-refractivity contribution in [1.82, 2.24) is 10.2 Å². The zero-order chi connectivity index (χ0) is 12.8. The molecule has 0 saturated carbocycles. The van der Waals surface area contributed by atoms with E-state index in [9.17, 15) is 0 Å². The molecule has 0 aliphatic heterocycles. The number of benzene rings is 1. The van der Waals surface area contributed by atoms with Crippen LogP contribution in [-0.4, -0.2) is 16.2 Å².